The third-order valence-corrected chi connectivity index (χ3v) is 1.88. The van der Waals surface area contributed by atoms with Gasteiger partial charge >= 0.3 is 10.4 Å². The number of hydrogen-bond donors (Lipinski definition) is 2. The molecule has 8 heteroatoms. The maximum absolute atomic E-state index is 8.74. The maximum Gasteiger partial charge on any atom is 0.394 e. The first-order valence-corrected chi connectivity index (χ1v) is 6.11. The monoisotopic (exact) mass is 263 g/mol. The van der Waals surface area contributed by atoms with Crippen LogP contribution >= 0.6 is 0 Å². The van der Waals surface area contributed by atoms with Crippen LogP contribution in [0.3, 0.4) is 0 Å². The quantitative estimate of drug-likeness (QED) is 0.723. The highest BCUT2D eigenvalue weighted by atomic mass is 32.3. The zero-order valence-electron chi connectivity index (χ0n) is 10.5. The van der Waals surface area contributed by atoms with Gasteiger partial charge in [-0.2, -0.15) is 8.42 Å². The summed E-state index contributed by atoms with van der Waals surface area (Å²) in [5, 5.41) is 0. The average molecular weight is 263 g/mol. The maximum atomic E-state index is 8.74. The highest BCUT2D eigenvalue weighted by molar-refractivity contribution is 7.79. The van der Waals surface area contributed by atoms with Crippen molar-refractivity contribution in [2.24, 2.45) is 0 Å². The number of hydrogen-bond acceptors (Lipinski definition) is 5. The molecule has 0 aliphatic heterocycles. The second-order valence-corrected chi connectivity index (χ2v) is 4.54. The first-order valence-electron chi connectivity index (χ1n) is 4.71. The Morgan fingerprint density at radius 2 is 1.29 bits per heavy atom. The van der Waals surface area contributed by atoms with Crippen LogP contribution in [0.2, 0.25) is 0 Å². The molecule has 7 nitrogen and oxygen atoms in total. The van der Waals surface area contributed by atoms with E-state index in [-0.39, 0.29) is 0 Å². The molecule has 1 heterocycles. The Morgan fingerprint density at radius 1 is 0.941 bits per heavy atom. The predicted molar refractivity (Wildman–Crippen MR) is 64.7 cm³/mol. The van der Waals surface area contributed by atoms with Crippen molar-refractivity contribution in [3.05, 3.63) is 17.1 Å². The Bertz CT molecular complexity index is 477. The fourth-order valence-electron chi connectivity index (χ4n) is 1.13. The molecular formula is C9H17N3O4S. The Hall–Kier alpha value is -1.25. The molecule has 1 aromatic heterocycles. The molecular weight excluding hydrogens is 246 g/mol. The van der Waals surface area contributed by atoms with E-state index in [4.69, 9.17) is 17.5 Å². The lowest BCUT2D eigenvalue weighted by atomic mass is 10.3. The second-order valence-electron chi connectivity index (χ2n) is 3.65. The van der Waals surface area contributed by atoms with Gasteiger partial charge < -0.3 is 4.90 Å². The summed E-state index contributed by atoms with van der Waals surface area (Å²) in [4.78, 5) is 10.8. The largest absolute Gasteiger partial charge is 0.394 e. The summed E-state index contributed by atoms with van der Waals surface area (Å²) < 4.78 is 31.6. The molecule has 0 aliphatic rings. The first-order chi connectivity index (χ1) is 7.52. The van der Waals surface area contributed by atoms with Crippen molar-refractivity contribution >= 4 is 16.2 Å². The number of aryl methyl sites for hydroxylation is 3. The van der Waals surface area contributed by atoms with E-state index >= 15 is 0 Å². The van der Waals surface area contributed by atoms with Crippen LogP contribution in [0.15, 0.2) is 0 Å². The Balaban J connectivity index is 0.000000437. The van der Waals surface area contributed by atoms with Crippen LogP contribution in [0.25, 0.3) is 0 Å². The standard InChI is InChI=1S/C9H15N3.H2O4S/c1-6-7(2)11-9(12(4)5)8(3)10-6;1-5(2,3)4/h1-5H3;(H2,1,2,3,4). The normalized spacial score (nSPS) is 10.5. The van der Waals surface area contributed by atoms with Gasteiger partial charge in [-0.15, -0.1) is 0 Å². The van der Waals surface area contributed by atoms with Crippen molar-refractivity contribution in [1.82, 2.24) is 9.97 Å². The van der Waals surface area contributed by atoms with Gasteiger partial charge in [-0.25, -0.2) is 4.98 Å². The summed E-state index contributed by atoms with van der Waals surface area (Å²) in [6.45, 7) is 5.94. The number of anilines is 1. The van der Waals surface area contributed by atoms with Crippen molar-refractivity contribution in [1.29, 1.82) is 0 Å². The molecule has 98 valence electrons. The summed E-state index contributed by atoms with van der Waals surface area (Å²) in [5.74, 6) is 0.957. The molecule has 0 bridgehead atoms. The first kappa shape index (κ1) is 15.8. The molecule has 0 saturated carbocycles. The van der Waals surface area contributed by atoms with Gasteiger partial charge in [0.15, 0.2) is 0 Å². The van der Waals surface area contributed by atoms with Crippen molar-refractivity contribution in [3.63, 3.8) is 0 Å². The van der Waals surface area contributed by atoms with Gasteiger partial charge in [-0.3, -0.25) is 14.1 Å². The fraction of sp³-hybridized carbons (Fsp3) is 0.556. The summed E-state index contributed by atoms with van der Waals surface area (Å²) in [6, 6.07) is 0. The molecule has 1 aromatic rings. The molecule has 0 saturated heterocycles. The second kappa shape index (κ2) is 5.89. The van der Waals surface area contributed by atoms with Crippen LogP contribution in [-0.2, 0) is 10.4 Å². The van der Waals surface area contributed by atoms with E-state index in [0.717, 1.165) is 22.9 Å². The minimum atomic E-state index is -4.67. The highest BCUT2D eigenvalue weighted by Crippen LogP contribution is 2.13. The van der Waals surface area contributed by atoms with Crippen molar-refractivity contribution in [3.8, 4) is 0 Å². The van der Waals surface area contributed by atoms with Crippen molar-refractivity contribution in [2.75, 3.05) is 19.0 Å². The van der Waals surface area contributed by atoms with Crippen LogP contribution in [0, 0.1) is 20.8 Å². The number of aromatic nitrogens is 2. The predicted octanol–water partition coefficient (Wildman–Crippen LogP) is 0.815. The molecule has 0 spiro atoms. The third kappa shape index (κ3) is 6.82. The van der Waals surface area contributed by atoms with Crippen LogP contribution in [-0.4, -0.2) is 41.6 Å². The fourth-order valence-corrected chi connectivity index (χ4v) is 1.13. The Morgan fingerprint density at radius 3 is 1.65 bits per heavy atom. The van der Waals surface area contributed by atoms with Gasteiger partial charge in [-0.05, 0) is 20.8 Å². The van der Waals surface area contributed by atoms with E-state index < -0.39 is 10.4 Å². The number of nitrogens with zero attached hydrogens (tertiary/aromatic N) is 3. The minimum absolute atomic E-state index is 0.957. The van der Waals surface area contributed by atoms with Crippen LogP contribution in [0.1, 0.15) is 17.1 Å². The average Bonchev–Trinajstić information content (AvgIpc) is 2.07. The lowest BCUT2D eigenvalue weighted by Gasteiger charge is -2.14. The molecule has 0 atom stereocenters. The molecule has 0 radical (unpaired) electrons. The van der Waals surface area contributed by atoms with E-state index in [2.05, 4.69) is 9.97 Å². The molecule has 17 heavy (non-hydrogen) atoms. The minimum Gasteiger partial charge on any atom is -0.361 e. The van der Waals surface area contributed by atoms with Gasteiger partial charge in [-0.1, -0.05) is 0 Å². The van der Waals surface area contributed by atoms with Gasteiger partial charge in [0.25, 0.3) is 0 Å². The number of rotatable bonds is 1. The summed E-state index contributed by atoms with van der Waals surface area (Å²) >= 11 is 0. The molecule has 0 aromatic carbocycles. The molecule has 0 amide bonds. The van der Waals surface area contributed by atoms with Crippen LogP contribution in [0.5, 0.6) is 0 Å². The molecule has 0 unspecified atom stereocenters. The van der Waals surface area contributed by atoms with Gasteiger partial charge in [0.05, 0.1) is 17.1 Å². The van der Waals surface area contributed by atoms with Gasteiger partial charge in [0, 0.05) is 14.1 Å². The van der Waals surface area contributed by atoms with Crippen molar-refractivity contribution < 1.29 is 17.5 Å². The van der Waals surface area contributed by atoms with Crippen LogP contribution < -0.4 is 4.90 Å². The molecule has 2 N–H and O–H groups in total. The van der Waals surface area contributed by atoms with E-state index in [1.807, 2.05) is 39.8 Å². The smallest absolute Gasteiger partial charge is 0.361 e. The van der Waals surface area contributed by atoms with Gasteiger partial charge in [0.1, 0.15) is 5.82 Å². The van der Waals surface area contributed by atoms with E-state index in [9.17, 15) is 0 Å². The zero-order valence-corrected chi connectivity index (χ0v) is 11.3. The Kier molecular flexibility index (Phi) is 5.46. The summed E-state index contributed by atoms with van der Waals surface area (Å²) in [6.07, 6.45) is 0. The van der Waals surface area contributed by atoms with Crippen molar-refractivity contribution in [2.45, 2.75) is 20.8 Å². The lowest BCUT2D eigenvalue weighted by Crippen LogP contribution is -2.14. The van der Waals surface area contributed by atoms with E-state index in [1.165, 1.54) is 0 Å². The SMILES string of the molecule is Cc1nc(C)c(N(C)C)nc1C.O=S(=O)(O)O. The summed E-state index contributed by atoms with van der Waals surface area (Å²) in [5.41, 5.74) is 3.01. The van der Waals surface area contributed by atoms with Gasteiger partial charge in [0.2, 0.25) is 0 Å². The third-order valence-electron chi connectivity index (χ3n) is 1.88. The molecule has 1 rings (SSSR count). The summed E-state index contributed by atoms with van der Waals surface area (Å²) in [7, 11) is -0.711. The molecule has 0 fully saturated rings. The highest BCUT2D eigenvalue weighted by Gasteiger charge is 2.05. The lowest BCUT2D eigenvalue weighted by molar-refractivity contribution is 0.381. The Labute approximate surface area is 101 Å². The molecule has 0 aliphatic carbocycles. The van der Waals surface area contributed by atoms with Crippen LogP contribution in [0.4, 0.5) is 5.82 Å². The zero-order chi connectivity index (χ0) is 13.8. The van der Waals surface area contributed by atoms with E-state index in [1.54, 1.807) is 0 Å². The topological polar surface area (TPSA) is 104 Å². The van der Waals surface area contributed by atoms with E-state index in [0.29, 0.717) is 0 Å².